The number of aliphatic hydroxyl groups is 19. The Labute approximate surface area is 494 Å². The Hall–Kier alpha value is -1.52. The maximum Gasteiger partial charge on any atom is 0.230 e. The van der Waals surface area contributed by atoms with Crippen LogP contribution in [0.1, 0.15) is 0 Å². The summed E-state index contributed by atoms with van der Waals surface area (Å²) in [5.74, 6) is -2.21. The highest BCUT2D eigenvalue weighted by molar-refractivity contribution is 5.11. The Balaban J connectivity index is 1.00. The molecular weight excluding hydrogens is 1200 g/mol. The van der Waals surface area contributed by atoms with Crippen molar-refractivity contribution in [1.29, 1.82) is 0 Å². The number of epoxide rings is 1. The molecule has 8 fully saturated rings. The number of hydrogen-bond donors (Lipinski definition) is 19. The lowest BCUT2D eigenvalue weighted by molar-refractivity contribution is -0.387. The van der Waals surface area contributed by atoms with Gasteiger partial charge in [-0.2, -0.15) is 0 Å². The normalized spacial score (nSPS) is 50.8. The van der Waals surface area contributed by atoms with E-state index in [2.05, 4.69) is 0 Å². The Kier molecular flexibility index (Phi) is 25.5. The van der Waals surface area contributed by atoms with Crippen LogP contribution < -0.4 is 0 Å². The van der Waals surface area contributed by atoms with Crippen molar-refractivity contribution < 1.29 is 187 Å². The highest BCUT2D eigenvalue weighted by Crippen LogP contribution is 2.52. The fourth-order valence-electron chi connectivity index (χ4n) is 11.6. The first-order chi connectivity index (χ1) is 41.5. The quantitative estimate of drug-likeness (QED) is 0.0340. The number of hydrogen-bond acceptors (Lipinski definition) is 38. The van der Waals surface area contributed by atoms with Gasteiger partial charge in [0, 0.05) is 28.4 Å². The van der Waals surface area contributed by atoms with E-state index in [9.17, 15) is 97.0 Å². The predicted molar refractivity (Wildman–Crippen MR) is 266 cm³/mol. The summed E-state index contributed by atoms with van der Waals surface area (Å²) < 4.78 is 108. The van der Waals surface area contributed by atoms with Crippen molar-refractivity contribution in [3.05, 3.63) is 0 Å². The van der Waals surface area contributed by atoms with Gasteiger partial charge in [-0.1, -0.05) is 0 Å². The molecule has 38 nitrogen and oxygen atoms in total. The van der Waals surface area contributed by atoms with Crippen LogP contribution in [0.15, 0.2) is 0 Å². The molecule has 0 aliphatic carbocycles. The summed E-state index contributed by atoms with van der Waals surface area (Å²) in [4.78, 5) is 0. The van der Waals surface area contributed by atoms with Crippen LogP contribution in [-0.4, -0.2) is 406 Å². The van der Waals surface area contributed by atoms with Gasteiger partial charge >= 0.3 is 0 Å². The van der Waals surface area contributed by atoms with E-state index >= 15 is 0 Å². The van der Waals surface area contributed by atoms with Crippen molar-refractivity contribution in [2.75, 3.05) is 87.9 Å². The first-order valence-corrected chi connectivity index (χ1v) is 27.9. The molecule has 0 saturated carbocycles. The minimum Gasteiger partial charge on any atom is -0.394 e. The smallest absolute Gasteiger partial charge is 0.230 e. The Morgan fingerprint density at radius 3 is 1.09 bits per heavy atom. The monoisotopic (exact) mass is 1280 g/mol. The molecule has 0 bridgehead atoms. The van der Waals surface area contributed by atoms with Gasteiger partial charge in [-0.25, -0.2) is 0 Å². The van der Waals surface area contributed by atoms with Gasteiger partial charge in [-0.15, -0.1) is 0 Å². The van der Waals surface area contributed by atoms with E-state index in [0.717, 1.165) is 7.11 Å². The number of methoxy groups -OCH3 is 4. The van der Waals surface area contributed by atoms with Crippen LogP contribution in [-0.2, 0) is 90.0 Å². The second kappa shape index (κ2) is 31.1. The molecule has 0 aromatic rings. The molecule has 0 radical (unpaired) electrons. The van der Waals surface area contributed by atoms with E-state index < -0.39 is 280 Å². The first-order valence-electron chi connectivity index (χ1n) is 27.9. The maximum absolute atomic E-state index is 12.2. The van der Waals surface area contributed by atoms with Crippen molar-refractivity contribution in [2.24, 2.45) is 0 Å². The highest BCUT2D eigenvalue weighted by atomic mass is 16.9. The molecule has 22 unspecified atom stereocenters. The Morgan fingerprint density at radius 1 is 0.345 bits per heavy atom. The van der Waals surface area contributed by atoms with E-state index in [0.29, 0.717) is 0 Å². The molecular formula is C49H84O38. The highest BCUT2D eigenvalue weighted by Gasteiger charge is 2.74. The summed E-state index contributed by atoms with van der Waals surface area (Å²) in [6.45, 7) is -7.44. The van der Waals surface area contributed by atoms with Crippen LogP contribution in [0.5, 0.6) is 0 Å². The third kappa shape index (κ3) is 14.7. The minimum atomic E-state index is -2.21. The van der Waals surface area contributed by atoms with Gasteiger partial charge in [-0.3, -0.25) is 0 Å². The number of fused-ring (bicyclic) bond motifs is 1. The third-order valence-electron chi connectivity index (χ3n) is 16.4. The summed E-state index contributed by atoms with van der Waals surface area (Å²) in [6, 6.07) is 0. The fraction of sp³-hybridized carbons (Fsp3) is 1.00. The number of ether oxygens (including phenoxy) is 19. The van der Waals surface area contributed by atoms with Crippen molar-refractivity contribution >= 4 is 0 Å². The lowest BCUT2D eigenvalue weighted by Gasteiger charge is -2.48. The Morgan fingerprint density at radius 2 is 0.690 bits per heavy atom. The molecule has 0 spiro atoms. The zero-order chi connectivity index (χ0) is 63.5. The van der Waals surface area contributed by atoms with Crippen LogP contribution in [0.3, 0.4) is 0 Å². The van der Waals surface area contributed by atoms with Crippen molar-refractivity contribution in [2.45, 2.75) is 221 Å². The molecule has 8 aliphatic heterocycles. The van der Waals surface area contributed by atoms with E-state index in [1.807, 2.05) is 0 Å². The predicted octanol–water partition coefficient (Wildman–Crippen LogP) is -13.9. The first kappa shape index (κ1) is 71.3. The molecule has 36 atom stereocenters. The maximum atomic E-state index is 12.2. The molecule has 8 saturated heterocycles. The van der Waals surface area contributed by atoms with E-state index in [1.165, 1.54) is 21.3 Å². The topological polar surface area (TPSA) is 563 Å². The van der Waals surface area contributed by atoms with Gasteiger partial charge in [0.2, 0.25) is 5.79 Å². The Bertz CT molecular complexity index is 2060. The second-order valence-corrected chi connectivity index (χ2v) is 21.9. The van der Waals surface area contributed by atoms with E-state index in [1.54, 1.807) is 0 Å². The van der Waals surface area contributed by atoms with E-state index in [4.69, 9.17) is 90.0 Å². The SMILES string of the molecule is CO[C@H]1OC(CO)[C@H](O[C@H]2OC(COCC(O)COC3C(O)[C@@H](O[C@H]4OC(CO)[C@@H](OC)C(O)C4O)C(CO)O[C@@H]3O[C@]34OC3C(O)[C@@H](O[C@H]3C(CO)O[C@H](OC)C(O)C3O)OC4CO)[C@H](O[C@H]3OC(CO)[C@H](OC)C(O)C3O)C(O)C2O)C(O)C1O. The van der Waals surface area contributed by atoms with Crippen molar-refractivity contribution in [3.8, 4) is 0 Å². The van der Waals surface area contributed by atoms with Crippen LogP contribution in [0.25, 0.3) is 0 Å². The standard InChI is InChI=1S/C49H84O38/c1-69-34-15(5-50)77-44(29(64)22(34)57)84-38-19(9-54)79-48(87-49-21(10-55)81-47(33(68)41(49)86-49)83-37-18(8-53)76-43(72-4)28(63)25(37)60)40(32(38)67)74-12-14(56)11-73-13-20-39(85-45-30(65)23(58)35(70-2)16(6-51)78-45)26(61)31(66)46(80-20)82-36-17(7-52)75-42(71-3)27(62)24(36)59/h14-48,50-68H,5-13H2,1-4H3/t14?,15?,16?,17?,18?,19?,20?,21?,22?,23?,24?,25?,26?,27?,28?,29?,30?,31?,32?,33?,34-,35+,36+,37+,38+,39+,40?,41?,42+,43+,44-,45-,46-,47-,48-,49+/m1/s1. The van der Waals surface area contributed by atoms with Crippen molar-refractivity contribution in [3.63, 3.8) is 0 Å². The lowest BCUT2D eigenvalue weighted by atomic mass is 9.96. The summed E-state index contributed by atoms with van der Waals surface area (Å²) >= 11 is 0. The summed E-state index contributed by atoms with van der Waals surface area (Å²) in [7, 11) is 4.67. The second-order valence-electron chi connectivity index (χ2n) is 21.9. The van der Waals surface area contributed by atoms with Gasteiger partial charge in [-0.05, 0) is 0 Å². The molecule has 508 valence electrons. The van der Waals surface area contributed by atoms with Gasteiger partial charge in [0.25, 0.3) is 0 Å². The average molecular weight is 1280 g/mol. The third-order valence-corrected chi connectivity index (χ3v) is 16.4. The average Bonchev–Trinajstić information content (AvgIpc) is 1.56. The van der Waals surface area contributed by atoms with Crippen LogP contribution >= 0.6 is 0 Å². The van der Waals surface area contributed by atoms with Crippen LogP contribution in [0.2, 0.25) is 0 Å². The van der Waals surface area contributed by atoms with E-state index in [-0.39, 0.29) is 0 Å². The molecule has 87 heavy (non-hydrogen) atoms. The van der Waals surface area contributed by atoms with Crippen LogP contribution in [0, 0.1) is 0 Å². The zero-order valence-electron chi connectivity index (χ0n) is 47.3. The molecule has 38 heteroatoms. The summed E-state index contributed by atoms with van der Waals surface area (Å²) in [5.41, 5.74) is 0. The molecule has 8 rings (SSSR count). The molecule has 0 aromatic carbocycles. The molecule has 8 heterocycles. The number of aliphatic hydroxyl groups excluding tert-OH is 19. The fourth-order valence-corrected chi connectivity index (χ4v) is 11.6. The van der Waals surface area contributed by atoms with Gasteiger partial charge in [0.1, 0.15) is 171 Å². The number of rotatable bonds is 27. The zero-order valence-corrected chi connectivity index (χ0v) is 47.3. The summed E-state index contributed by atoms with van der Waals surface area (Å²) in [6.07, 6.45) is -59.8. The van der Waals surface area contributed by atoms with Gasteiger partial charge in [0.05, 0.1) is 59.5 Å². The summed E-state index contributed by atoms with van der Waals surface area (Å²) in [5, 5.41) is 207. The molecule has 19 N–H and O–H groups in total. The molecule has 8 aliphatic rings. The lowest BCUT2D eigenvalue weighted by Crippen LogP contribution is -2.67. The minimum absolute atomic E-state index is 0.746. The molecule has 0 amide bonds. The van der Waals surface area contributed by atoms with Crippen LogP contribution in [0.4, 0.5) is 0 Å². The largest absolute Gasteiger partial charge is 0.394 e. The molecule has 0 aromatic heterocycles. The van der Waals surface area contributed by atoms with Gasteiger partial charge in [0.15, 0.2) is 44.0 Å². The van der Waals surface area contributed by atoms with Gasteiger partial charge < -0.3 is 187 Å². The van der Waals surface area contributed by atoms with Crippen molar-refractivity contribution in [1.82, 2.24) is 0 Å².